The van der Waals surface area contributed by atoms with Crippen LogP contribution in [0.25, 0.3) is 27.3 Å². The van der Waals surface area contributed by atoms with E-state index in [-0.39, 0.29) is 17.0 Å². The van der Waals surface area contributed by atoms with E-state index in [9.17, 15) is 26.4 Å². The number of anilines is 1. The molecular weight excluding hydrogens is 565 g/mol. The van der Waals surface area contributed by atoms with Gasteiger partial charge in [-0.25, -0.2) is 27.8 Å². The molecule has 2 aromatic carbocycles. The Labute approximate surface area is 230 Å². The van der Waals surface area contributed by atoms with Crippen molar-refractivity contribution in [1.29, 1.82) is 0 Å². The number of hydrogen-bond acceptors (Lipinski definition) is 7. The summed E-state index contributed by atoms with van der Waals surface area (Å²) in [7, 11) is -4.36. The number of nitrogens with zero attached hydrogens (tertiary/aromatic N) is 4. The monoisotopic (exact) mass is 586 g/mol. The van der Waals surface area contributed by atoms with Crippen LogP contribution in [0.2, 0.25) is 0 Å². The zero-order valence-electron chi connectivity index (χ0n) is 20.8. The second-order valence-corrected chi connectivity index (χ2v) is 11.4. The summed E-state index contributed by atoms with van der Waals surface area (Å²) >= 11 is 1.51. The number of nitrogens with one attached hydrogen (secondary N) is 2. The topological polar surface area (TPSA) is 119 Å². The van der Waals surface area contributed by atoms with E-state index in [2.05, 4.69) is 20.4 Å². The van der Waals surface area contributed by atoms with E-state index >= 15 is 0 Å². The minimum absolute atomic E-state index is 0.0954. The first-order valence-corrected chi connectivity index (χ1v) is 14.2. The molecule has 14 heteroatoms. The second kappa shape index (κ2) is 10.8. The summed E-state index contributed by atoms with van der Waals surface area (Å²) < 4.78 is 65.5. The molecule has 0 bridgehead atoms. The lowest BCUT2D eigenvalue weighted by Gasteiger charge is -2.10. The number of halogens is 3. The molecule has 0 saturated carbocycles. The SMILES string of the molecule is Cc1cccc(-n2nc(CC(=O)Nc3ccc(S(=O)(=O)NCC(F)(F)F)cc3)cc2-c2ccc3ncsc3c2)n1. The summed E-state index contributed by atoms with van der Waals surface area (Å²) in [6.45, 7) is 0.186. The van der Waals surface area contributed by atoms with Crippen LogP contribution in [0, 0.1) is 6.92 Å². The van der Waals surface area contributed by atoms with Crippen LogP contribution in [0.1, 0.15) is 11.4 Å². The maximum atomic E-state index is 12.8. The molecule has 3 heterocycles. The number of hydrogen-bond donors (Lipinski definition) is 2. The molecule has 0 unspecified atom stereocenters. The summed E-state index contributed by atoms with van der Waals surface area (Å²) in [6, 6.07) is 18.0. The second-order valence-electron chi connectivity index (χ2n) is 8.79. The average molecular weight is 587 g/mol. The minimum Gasteiger partial charge on any atom is -0.326 e. The highest BCUT2D eigenvalue weighted by Gasteiger charge is 2.30. The molecule has 0 saturated heterocycles. The molecule has 0 spiro atoms. The number of pyridine rings is 1. The number of sulfonamides is 1. The minimum atomic E-state index is -4.68. The molecule has 9 nitrogen and oxygen atoms in total. The summed E-state index contributed by atoms with van der Waals surface area (Å²) in [5, 5.41) is 7.29. The standard InChI is InChI=1S/C26H21F3N6O3S2/c1-16-3-2-4-24(32-16)35-22(17-5-10-21-23(11-17)39-15-30-21)12-19(34-35)13-25(36)33-18-6-8-20(9-7-18)40(37,38)31-14-26(27,28)29/h2-12,15,31H,13-14H2,1H3,(H,33,36). The van der Waals surface area contributed by atoms with Gasteiger partial charge in [-0.3, -0.25) is 4.79 Å². The van der Waals surface area contributed by atoms with E-state index in [4.69, 9.17) is 0 Å². The average Bonchev–Trinajstić information content (AvgIpc) is 3.54. The molecule has 1 amide bonds. The first-order valence-electron chi connectivity index (χ1n) is 11.8. The fourth-order valence-corrected chi connectivity index (χ4v) is 5.64. The van der Waals surface area contributed by atoms with E-state index < -0.39 is 28.7 Å². The fourth-order valence-electron chi connectivity index (χ4n) is 3.91. The number of amides is 1. The molecule has 0 radical (unpaired) electrons. The van der Waals surface area contributed by atoms with E-state index in [1.54, 1.807) is 16.3 Å². The molecule has 0 aliphatic carbocycles. The highest BCUT2D eigenvalue weighted by atomic mass is 32.2. The highest BCUT2D eigenvalue weighted by Crippen LogP contribution is 2.29. The third kappa shape index (κ3) is 6.35. The van der Waals surface area contributed by atoms with Crippen LogP contribution < -0.4 is 10.0 Å². The van der Waals surface area contributed by atoms with Gasteiger partial charge in [-0.1, -0.05) is 12.1 Å². The molecule has 5 aromatic rings. The van der Waals surface area contributed by atoms with Gasteiger partial charge in [0.15, 0.2) is 5.82 Å². The Hall–Kier alpha value is -4.14. The summed E-state index contributed by atoms with van der Waals surface area (Å²) in [5.74, 6) is 0.166. The predicted molar refractivity (Wildman–Crippen MR) is 145 cm³/mol. The first-order chi connectivity index (χ1) is 19.0. The summed E-state index contributed by atoms with van der Waals surface area (Å²) in [4.78, 5) is 21.4. The Morgan fingerprint density at radius 2 is 1.82 bits per heavy atom. The number of aromatic nitrogens is 4. The van der Waals surface area contributed by atoms with Gasteiger partial charge in [0.05, 0.1) is 38.4 Å². The van der Waals surface area contributed by atoms with Crippen molar-refractivity contribution in [3.63, 3.8) is 0 Å². The molecule has 0 aliphatic heterocycles. The number of aryl methyl sites for hydroxylation is 1. The number of fused-ring (bicyclic) bond motifs is 1. The zero-order chi connectivity index (χ0) is 28.5. The molecular formula is C26H21F3N6O3S2. The van der Waals surface area contributed by atoms with E-state index in [1.807, 2.05) is 43.3 Å². The van der Waals surface area contributed by atoms with Crippen LogP contribution in [-0.2, 0) is 21.2 Å². The molecule has 40 heavy (non-hydrogen) atoms. The zero-order valence-corrected chi connectivity index (χ0v) is 22.4. The van der Waals surface area contributed by atoms with Gasteiger partial charge in [0.2, 0.25) is 15.9 Å². The number of benzene rings is 2. The van der Waals surface area contributed by atoms with Crippen molar-refractivity contribution in [3.8, 4) is 17.1 Å². The molecule has 2 N–H and O–H groups in total. The third-order valence-electron chi connectivity index (χ3n) is 5.73. The molecule has 206 valence electrons. The Balaban J connectivity index is 1.35. The van der Waals surface area contributed by atoms with Crippen LogP contribution in [0.3, 0.4) is 0 Å². The van der Waals surface area contributed by atoms with Gasteiger partial charge < -0.3 is 5.32 Å². The van der Waals surface area contributed by atoms with Gasteiger partial charge in [-0.15, -0.1) is 11.3 Å². The van der Waals surface area contributed by atoms with Crippen molar-refractivity contribution in [2.24, 2.45) is 0 Å². The van der Waals surface area contributed by atoms with Crippen LogP contribution in [0.4, 0.5) is 18.9 Å². The van der Waals surface area contributed by atoms with Crippen LogP contribution >= 0.6 is 11.3 Å². The number of carbonyl (C=O) groups is 1. The normalized spacial score (nSPS) is 12.1. The Kier molecular flexibility index (Phi) is 7.40. The Morgan fingerprint density at radius 1 is 1.05 bits per heavy atom. The van der Waals surface area contributed by atoms with Crippen molar-refractivity contribution in [2.75, 3.05) is 11.9 Å². The van der Waals surface area contributed by atoms with Gasteiger partial charge in [0.25, 0.3) is 0 Å². The lowest BCUT2D eigenvalue weighted by molar-refractivity contribution is -0.121. The molecule has 5 rings (SSSR count). The Bertz CT molecular complexity index is 1800. The molecule has 0 fully saturated rings. The van der Waals surface area contributed by atoms with E-state index in [1.165, 1.54) is 28.2 Å². The lowest BCUT2D eigenvalue weighted by Crippen LogP contribution is -2.33. The maximum absolute atomic E-state index is 12.8. The smallest absolute Gasteiger partial charge is 0.326 e. The molecule has 0 atom stereocenters. The van der Waals surface area contributed by atoms with Crippen molar-refractivity contribution in [3.05, 3.63) is 83.6 Å². The van der Waals surface area contributed by atoms with Crippen molar-refractivity contribution in [1.82, 2.24) is 24.5 Å². The summed E-state index contributed by atoms with van der Waals surface area (Å²) in [6.07, 6.45) is -4.78. The fraction of sp³-hybridized carbons (Fsp3) is 0.154. The number of carbonyl (C=O) groups excluding carboxylic acids is 1. The van der Waals surface area contributed by atoms with Gasteiger partial charge in [0, 0.05) is 16.9 Å². The lowest BCUT2D eigenvalue weighted by atomic mass is 10.1. The predicted octanol–water partition coefficient (Wildman–Crippen LogP) is 4.87. The van der Waals surface area contributed by atoms with E-state index in [0.29, 0.717) is 11.5 Å². The molecule has 0 aliphatic rings. The quantitative estimate of drug-likeness (QED) is 0.268. The van der Waals surface area contributed by atoms with Crippen molar-refractivity contribution in [2.45, 2.75) is 24.4 Å². The number of thiazole rings is 1. The van der Waals surface area contributed by atoms with Gasteiger partial charge in [0.1, 0.15) is 6.54 Å². The number of rotatable bonds is 8. The van der Waals surface area contributed by atoms with Gasteiger partial charge in [-0.2, -0.15) is 18.3 Å². The van der Waals surface area contributed by atoms with Crippen LogP contribution in [-0.4, -0.2) is 46.8 Å². The molecule has 3 aromatic heterocycles. The van der Waals surface area contributed by atoms with Crippen molar-refractivity contribution >= 4 is 43.2 Å². The number of alkyl halides is 3. The van der Waals surface area contributed by atoms with Crippen LogP contribution in [0.15, 0.2) is 77.1 Å². The van der Waals surface area contributed by atoms with Crippen molar-refractivity contribution < 1.29 is 26.4 Å². The third-order valence-corrected chi connectivity index (χ3v) is 7.94. The largest absolute Gasteiger partial charge is 0.402 e. The van der Waals surface area contributed by atoms with Gasteiger partial charge in [-0.05, 0) is 61.5 Å². The summed E-state index contributed by atoms with van der Waals surface area (Å²) in [5.41, 5.74) is 5.79. The van der Waals surface area contributed by atoms with Crippen LogP contribution in [0.5, 0.6) is 0 Å². The first kappa shape index (κ1) is 27.4. The highest BCUT2D eigenvalue weighted by molar-refractivity contribution is 7.89. The Morgan fingerprint density at radius 3 is 2.55 bits per heavy atom. The maximum Gasteiger partial charge on any atom is 0.402 e. The van der Waals surface area contributed by atoms with E-state index in [0.717, 1.165) is 39.3 Å². The van der Waals surface area contributed by atoms with Gasteiger partial charge >= 0.3 is 6.18 Å².